The first-order valence-corrected chi connectivity index (χ1v) is 6.23. The number of aliphatic hydroxyl groups is 2. The maximum absolute atomic E-state index is 11.7. The van der Waals surface area contributed by atoms with Crippen molar-refractivity contribution in [3.8, 4) is 0 Å². The van der Waals surface area contributed by atoms with Crippen molar-refractivity contribution in [2.75, 3.05) is 12.3 Å². The molecule has 1 aliphatic rings. The van der Waals surface area contributed by atoms with Gasteiger partial charge in [-0.2, -0.15) is 4.98 Å². The van der Waals surface area contributed by atoms with Crippen LogP contribution < -0.4 is 11.3 Å². The number of anilines is 1. The number of aromatic nitrogens is 4. The monoisotopic (exact) mass is 313 g/mol. The van der Waals surface area contributed by atoms with E-state index in [0.29, 0.717) is 17.6 Å². The van der Waals surface area contributed by atoms with Crippen molar-refractivity contribution in [3.05, 3.63) is 28.8 Å². The normalized spacial score (nSPS) is 25.2. The Morgan fingerprint density at radius 1 is 1.57 bits per heavy atom. The van der Waals surface area contributed by atoms with E-state index < -0.39 is 11.7 Å². The van der Waals surface area contributed by atoms with Crippen molar-refractivity contribution in [2.24, 2.45) is 5.92 Å². The van der Waals surface area contributed by atoms with Crippen LogP contribution in [0.5, 0.6) is 0 Å². The number of aliphatic hydroxyl groups excluding tert-OH is 2. The highest BCUT2D eigenvalue weighted by atomic mass is 35.5. The summed E-state index contributed by atoms with van der Waals surface area (Å²) in [5, 5.41) is 19.2. The zero-order chi connectivity index (χ0) is 14.4. The molecule has 0 radical (unpaired) electrons. The summed E-state index contributed by atoms with van der Waals surface area (Å²) in [4.78, 5) is 22.2. The Hall–Kier alpha value is -1.90. The number of H-pyrrole nitrogens is 1. The molecule has 21 heavy (non-hydrogen) atoms. The Bertz CT molecular complexity index is 740. The number of nitrogens with one attached hydrogen (secondary N) is 1. The lowest BCUT2D eigenvalue weighted by molar-refractivity contribution is 0.101. The molecule has 0 saturated heterocycles. The third-order valence-electron chi connectivity index (χ3n) is 3.82. The van der Waals surface area contributed by atoms with Crippen molar-refractivity contribution >= 4 is 29.5 Å². The van der Waals surface area contributed by atoms with Gasteiger partial charge in [-0.05, 0) is 12.0 Å². The molecule has 0 spiro atoms. The van der Waals surface area contributed by atoms with Gasteiger partial charge in [0.05, 0.1) is 25.1 Å². The molecular formula is C12H16ClN5O3. The molecule has 0 amide bonds. The van der Waals surface area contributed by atoms with E-state index in [1.54, 1.807) is 4.57 Å². The lowest BCUT2D eigenvalue weighted by Crippen LogP contribution is -2.17. The first-order chi connectivity index (χ1) is 9.52. The molecule has 114 valence electrons. The summed E-state index contributed by atoms with van der Waals surface area (Å²) < 4.78 is 1.67. The number of nitrogen functional groups attached to an aromatic ring is 1. The van der Waals surface area contributed by atoms with Crippen LogP contribution in [0.15, 0.2) is 23.3 Å². The second-order valence-corrected chi connectivity index (χ2v) is 4.96. The fourth-order valence-corrected chi connectivity index (χ4v) is 2.74. The quantitative estimate of drug-likeness (QED) is 0.558. The number of hydrogen-bond acceptors (Lipinski definition) is 6. The molecule has 3 atom stereocenters. The Morgan fingerprint density at radius 2 is 2.29 bits per heavy atom. The van der Waals surface area contributed by atoms with E-state index >= 15 is 0 Å². The maximum atomic E-state index is 11.7. The molecule has 0 unspecified atom stereocenters. The first kappa shape index (κ1) is 15.5. The number of imidazole rings is 1. The maximum Gasteiger partial charge on any atom is 0.280 e. The summed E-state index contributed by atoms with van der Waals surface area (Å²) in [6.45, 7) is 3.76. The average molecular weight is 314 g/mol. The van der Waals surface area contributed by atoms with Gasteiger partial charge in [0.1, 0.15) is 0 Å². The zero-order valence-corrected chi connectivity index (χ0v) is 11.9. The van der Waals surface area contributed by atoms with E-state index in [0.717, 1.165) is 0 Å². The summed E-state index contributed by atoms with van der Waals surface area (Å²) in [6, 6.07) is -0.263. The second kappa shape index (κ2) is 5.47. The van der Waals surface area contributed by atoms with Crippen LogP contribution in [0.4, 0.5) is 5.95 Å². The molecule has 2 heterocycles. The van der Waals surface area contributed by atoms with E-state index in [9.17, 15) is 15.0 Å². The predicted octanol–water partition coefficient (Wildman–Crippen LogP) is -0.406. The minimum Gasteiger partial charge on any atom is -0.396 e. The topological polar surface area (TPSA) is 130 Å². The SMILES string of the molecule is C=C1[C@H](n2cnc3c(=O)[nH]c(N)nc32)C[C@@H](O)[C@H]1CO.Cl. The standard InChI is InChI=1S/C12H15N5O3.ClH/c1-5-6(3-18)8(19)2-7(5)17-4-14-9-10(17)15-12(13)16-11(9)20;/h4,6-8,18-19H,1-3H2,(H3,13,15,16,20);1H/t6-,7+,8+;/m0./s1. The number of aromatic amines is 1. The van der Waals surface area contributed by atoms with Crippen LogP contribution in [0, 0.1) is 5.92 Å². The highest BCUT2D eigenvalue weighted by Crippen LogP contribution is 2.39. The van der Waals surface area contributed by atoms with E-state index in [-0.39, 0.29) is 42.4 Å². The van der Waals surface area contributed by atoms with Gasteiger partial charge in [-0.1, -0.05) is 6.58 Å². The van der Waals surface area contributed by atoms with Gasteiger partial charge in [-0.25, -0.2) is 4.98 Å². The summed E-state index contributed by atoms with van der Waals surface area (Å²) in [6.07, 6.45) is 1.20. The van der Waals surface area contributed by atoms with Gasteiger partial charge in [0.2, 0.25) is 5.95 Å². The van der Waals surface area contributed by atoms with Gasteiger partial charge in [0.25, 0.3) is 5.56 Å². The average Bonchev–Trinajstić information content (AvgIpc) is 2.91. The Kier molecular flexibility index (Phi) is 4.04. The van der Waals surface area contributed by atoms with Gasteiger partial charge in [-0.15, -0.1) is 12.4 Å². The lowest BCUT2D eigenvalue weighted by Gasteiger charge is -2.15. The smallest absolute Gasteiger partial charge is 0.280 e. The van der Waals surface area contributed by atoms with Crippen molar-refractivity contribution in [2.45, 2.75) is 18.6 Å². The second-order valence-electron chi connectivity index (χ2n) is 4.96. The van der Waals surface area contributed by atoms with E-state index in [1.807, 2.05) is 0 Å². The van der Waals surface area contributed by atoms with Gasteiger partial charge >= 0.3 is 0 Å². The van der Waals surface area contributed by atoms with Crippen molar-refractivity contribution in [1.82, 2.24) is 19.5 Å². The summed E-state index contributed by atoms with van der Waals surface area (Å²) in [7, 11) is 0. The summed E-state index contributed by atoms with van der Waals surface area (Å²) >= 11 is 0. The largest absolute Gasteiger partial charge is 0.396 e. The van der Waals surface area contributed by atoms with Crippen LogP contribution in [-0.4, -0.2) is 42.4 Å². The molecule has 0 aliphatic heterocycles. The predicted molar refractivity (Wildman–Crippen MR) is 79.2 cm³/mol. The van der Waals surface area contributed by atoms with E-state index in [1.165, 1.54) is 6.33 Å². The third-order valence-corrected chi connectivity index (χ3v) is 3.82. The number of halogens is 1. The molecule has 9 heteroatoms. The fourth-order valence-electron chi connectivity index (χ4n) is 2.74. The summed E-state index contributed by atoms with van der Waals surface area (Å²) in [5.74, 6) is -0.371. The van der Waals surface area contributed by atoms with Gasteiger partial charge in [0.15, 0.2) is 11.2 Å². The molecule has 2 aromatic rings. The van der Waals surface area contributed by atoms with Crippen molar-refractivity contribution < 1.29 is 10.2 Å². The number of rotatable bonds is 2. The van der Waals surface area contributed by atoms with E-state index in [4.69, 9.17) is 5.73 Å². The van der Waals surface area contributed by atoms with Crippen LogP contribution in [0.25, 0.3) is 11.2 Å². The molecule has 1 fully saturated rings. The number of hydrogen-bond donors (Lipinski definition) is 4. The van der Waals surface area contributed by atoms with Gasteiger partial charge in [0, 0.05) is 5.92 Å². The molecule has 0 bridgehead atoms. The zero-order valence-electron chi connectivity index (χ0n) is 11.1. The van der Waals surface area contributed by atoms with Gasteiger partial charge < -0.3 is 20.5 Å². The minimum absolute atomic E-state index is 0. The highest BCUT2D eigenvalue weighted by molar-refractivity contribution is 5.85. The first-order valence-electron chi connectivity index (χ1n) is 6.23. The molecule has 0 aromatic carbocycles. The summed E-state index contributed by atoms with van der Waals surface area (Å²) in [5.41, 5.74) is 6.37. The van der Waals surface area contributed by atoms with Crippen LogP contribution in [-0.2, 0) is 0 Å². The van der Waals surface area contributed by atoms with Crippen molar-refractivity contribution in [3.63, 3.8) is 0 Å². The van der Waals surface area contributed by atoms with Crippen LogP contribution in [0.3, 0.4) is 0 Å². The number of nitrogens with zero attached hydrogens (tertiary/aromatic N) is 3. The molecule has 2 aromatic heterocycles. The molecular weight excluding hydrogens is 298 g/mol. The Balaban J connectivity index is 0.00000161. The molecule has 8 nitrogen and oxygen atoms in total. The van der Waals surface area contributed by atoms with Crippen LogP contribution in [0.2, 0.25) is 0 Å². The minimum atomic E-state index is -0.672. The number of nitrogens with two attached hydrogens (primary N) is 1. The van der Waals surface area contributed by atoms with Crippen LogP contribution in [0.1, 0.15) is 12.5 Å². The molecule has 1 saturated carbocycles. The van der Waals surface area contributed by atoms with Crippen LogP contribution >= 0.6 is 12.4 Å². The van der Waals surface area contributed by atoms with Crippen molar-refractivity contribution in [1.29, 1.82) is 0 Å². The number of fused-ring (bicyclic) bond motifs is 1. The van der Waals surface area contributed by atoms with Gasteiger partial charge in [-0.3, -0.25) is 9.78 Å². The lowest BCUT2D eigenvalue weighted by atomic mass is 10.0. The Morgan fingerprint density at radius 3 is 2.90 bits per heavy atom. The van der Waals surface area contributed by atoms with E-state index in [2.05, 4.69) is 21.5 Å². The third kappa shape index (κ3) is 2.31. The Labute approximate surface area is 125 Å². The fraction of sp³-hybridized carbons (Fsp3) is 0.417. The molecule has 5 N–H and O–H groups in total. The molecule has 3 rings (SSSR count). The molecule has 1 aliphatic carbocycles. The highest BCUT2D eigenvalue weighted by Gasteiger charge is 2.37.